The Morgan fingerprint density at radius 2 is 2.12 bits per heavy atom. The number of hydrogen-bond acceptors (Lipinski definition) is 2. The van der Waals surface area contributed by atoms with Crippen molar-refractivity contribution in [2.75, 3.05) is 11.9 Å². The Labute approximate surface area is 105 Å². The van der Waals surface area contributed by atoms with E-state index in [0.29, 0.717) is 17.3 Å². The van der Waals surface area contributed by atoms with Gasteiger partial charge in [0.15, 0.2) is 0 Å². The van der Waals surface area contributed by atoms with E-state index in [-0.39, 0.29) is 11.8 Å². The minimum absolute atomic E-state index is 0.0218. The van der Waals surface area contributed by atoms with Gasteiger partial charge in [0.05, 0.1) is 16.2 Å². The van der Waals surface area contributed by atoms with Gasteiger partial charge in [-0.1, -0.05) is 11.6 Å². The van der Waals surface area contributed by atoms with Gasteiger partial charge in [0.25, 0.3) is 0 Å². The maximum atomic E-state index is 11.9. The third kappa shape index (κ3) is 1.72. The summed E-state index contributed by atoms with van der Waals surface area (Å²) < 4.78 is 0. The number of aromatic hydroxyl groups is 1. The Hall–Kier alpha value is -1.42. The second-order valence-corrected chi connectivity index (χ2v) is 4.99. The van der Waals surface area contributed by atoms with Crippen LogP contribution in [0.5, 0.6) is 5.75 Å². The van der Waals surface area contributed by atoms with E-state index in [1.807, 2.05) is 20.8 Å². The summed E-state index contributed by atoms with van der Waals surface area (Å²) in [5.74, 6) is -0.0218. The number of carbonyl (C=O) groups excluding carboxylic acids is 1. The topological polar surface area (TPSA) is 52.6 Å². The first kappa shape index (κ1) is 12.0. The summed E-state index contributed by atoms with van der Waals surface area (Å²) in [6.07, 6.45) is 0. The number of rotatable bonds is 1. The van der Waals surface area contributed by atoms with Crippen molar-refractivity contribution in [3.05, 3.63) is 22.7 Å². The van der Waals surface area contributed by atoms with Gasteiger partial charge in [-0.3, -0.25) is 0 Å². The number of carbonyl (C=O) groups is 1. The molecular formula is C12H15ClN2O2. The number of fused-ring (bicyclic) bond motifs is 1. The highest BCUT2D eigenvalue weighted by atomic mass is 35.5. The van der Waals surface area contributed by atoms with Crippen molar-refractivity contribution in [2.24, 2.45) is 0 Å². The number of anilines is 1. The average Bonchev–Trinajstić information content (AvgIpc) is 2.21. The summed E-state index contributed by atoms with van der Waals surface area (Å²) in [6, 6.07) is 3.03. The summed E-state index contributed by atoms with van der Waals surface area (Å²) in [4.78, 5) is 13.6. The number of hydrogen-bond donors (Lipinski definition) is 2. The Bertz CT molecular complexity index is 486. The van der Waals surface area contributed by atoms with Crippen LogP contribution in [0.2, 0.25) is 5.02 Å². The summed E-state index contributed by atoms with van der Waals surface area (Å²) in [5.41, 5.74) is 1.08. The van der Waals surface area contributed by atoms with Crippen molar-refractivity contribution in [2.45, 2.75) is 26.3 Å². The Morgan fingerprint density at radius 1 is 1.47 bits per heavy atom. The van der Waals surface area contributed by atoms with Crippen LogP contribution in [0.25, 0.3) is 0 Å². The molecule has 0 radical (unpaired) electrons. The predicted octanol–water partition coefficient (Wildman–Crippen LogP) is 3.15. The van der Waals surface area contributed by atoms with Crippen LogP contribution in [0, 0.1) is 0 Å². The van der Waals surface area contributed by atoms with Gasteiger partial charge in [0.2, 0.25) is 0 Å². The van der Waals surface area contributed by atoms with Gasteiger partial charge in [0, 0.05) is 18.2 Å². The number of halogens is 1. The van der Waals surface area contributed by atoms with Crippen LogP contribution in [-0.2, 0) is 5.54 Å². The highest BCUT2D eigenvalue weighted by Crippen LogP contribution is 2.41. The van der Waals surface area contributed by atoms with Crippen LogP contribution >= 0.6 is 11.6 Å². The van der Waals surface area contributed by atoms with Crippen molar-refractivity contribution in [3.63, 3.8) is 0 Å². The summed E-state index contributed by atoms with van der Waals surface area (Å²) in [5, 5.41) is 12.6. The lowest BCUT2D eigenvalue weighted by Crippen LogP contribution is -2.51. The number of phenolic OH excluding ortho intramolecular Hbond substituents is 1. The molecule has 2 N–H and O–H groups in total. The number of phenols is 1. The standard InChI is InChI=1S/C12H15ClN2O2/c1-4-15-11(17)14-9-6-10(16)8(13)5-7(9)12(15,2)3/h5-6,16H,4H2,1-3H3,(H,14,17). The lowest BCUT2D eigenvalue weighted by atomic mass is 9.89. The van der Waals surface area contributed by atoms with E-state index in [4.69, 9.17) is 11.6 Å². The Balaban J connectivity index is 2.62. The molecule has 1 aromatic carbocycles. The van der Waals surface area contributed by atoms with Crippen molar-refractivity contribution >= 4 is 23.3 Å². The third-order valence-corrected chi connectivity index (χ3v) is 3.53. The number of benzene rings is 1. The molecule has 0 bridgehead atoms. The molecule has 0 aliphatic carbocycles. The molecule has 92 valence electrons. The lowest BCUT2D eigenvalue weighted by Gasteiger charge is -2.43. The quantitative estimate of drug-likeness (QED) is 0.809. The van der Waals surface area contributed by atoms with Crippen LogP contribution in [0.3, 0.4) is 0 Å². The molecular weight excluding hydrogens is 240 g/mol. The molecule has 1 aliphatic heterocycles. The molecule has 0 atom stereocenters. The summed E-state index contributed by atoms with van der Waals surface area (Å²) in [6.45, 7) is 6.45. The largest absolute Gasteiger partial charge is 0.506 e. The second kappa shape index (κ2) is 3.81. The summed E-state index contributed by atoms with van der Waals surface area (Å²) in [7, 11) is 0. The molecule has 17 heavy (non-hydrogen) atoms. The highest BCUT2D eigenvalue weighted by Gasteiger charge is 2.38. The van der Waals surface area contributed by atoms with Gasteiger partial charge >= 0.3 is 6.03 Å². The van der Waals surface area contributed by atoms with Crippen molar-refractivity contribution in [1.29, 1.82) is 0 Å². The van der Waals surface area contributed by atoms with Gasteiger partial charge in [-0.05, 0) is 26.8 Å². The number of nitrogens with zero attached hydrogens (tertiary/aromatic N) is 1. The van der Waals surface area contributed by atoms with Gasteiger partial charge in [0.1, 0.15) is 5.75 Å². The molecule has 5 heteroatoms. The zero-order valence-electron chi connectivity index (χ0n) is 10.0. The van der Waals surface area contributed by atoms with Crippen molar-refractivity contribution in [1.82, 2.24) is 4.90 Å². The van der Waals surface area contributed by atoms with Gasteiger partial charge in [-0.2, -0.15) is 0 Å². The smallest absolute Gasteiger partial charge is 0.322 e. The minimum atomic E-state index is -0.441. The van der Waals surface area contributed by atoms with Crippen LogP contribution in [0.4, 0.5) is 10.5 Å². The molecule has 0 aromatic heterocycles. The fourth-order valence-corrected chi connectivity index (χ4v) is 2.46. The molecule has 0 saturated carbocycles. The van der Waals surface area contributed by atoms with E-state index >= 15 is 0 Å². The zero-order valence-corrected chi connectivity index (χ0v) is 10.8. The third-order valence-electron chi connectivity index (χ3n) is 3.22. The zero-order chi connectivity index (χ0) is 12.8. The maximum absolute atomic E-state index is 11.9. The molecule has 0 unspecified atom stereocenters. The Morgan fingerprint density at radius 3 is 2.71 bits per heavy atom. The van der Waals surface area contributed by atoms with Crippen LogP contribution < -0.4 is 5.32 Å². The fraction of sp³-hybridized carbons (Fsp3) is 0.417. The number of amides is 2. The normalized spacial score (nSPS) is 17.6. The second-order valence-electron chi connectivity index (χ2n) is 4.58. The molecule has 0 spiro atoms. The van der Waals surface area contributed by atoms with E-state index in [1.54, 1.807) is 11.0 Å². The molecule has 0 fully saturated rings. The van der Waals surface area contributed by atoms with Crippen LogP contribution in [0.1, 0.15) is 26.3 Å². The molecule has 0 saturated heterocycles. The van der Waals surface area contributed by atoms with E-state index in [1.165, 1.54) is 6.07 Å². The molecule has 1 aromatic rings. The fourth-order valence-electron chi connectivity index (χ4n) is 2.29. The van der Waals surface area contributed by atoms with E-state index in [2.05, 4.69) is 5.32 Å². The number of nitrogens with one attached hydrogen (secondary N) is 1. The molecule has 1 heterocycles. The highest BCUT2D eigenvalue weighted by molar-refractivity contribution is 6.32. The van der Waals surface area contributed by atoms with E-state index < -0.39 is 5.54 Å². The van der Waals surface area contributed by atoms with Gasteiger partial charge < -0.3 is 15.3 Å². The van der Waals surface area contributed by atoms with Crippen molar-refractivity contribution in [3.8, 4) is 5.75 Å². The monoisotopic (exact) mass is 254 g/mol. The first-order valence-electron chi connectivity index (χ1n) is 5.49. The van der Waals surface area contributed by atoms with E-state index in [0.717, 1.165) is 5.56 Å². The SMILES string of the molecule is CCN1C(=O)Nc2cc(O)c(Cl)cc2C1(C)C. The van der Waals surface area contributed by atoms with Crippen LogP contribution in [0.15, 0.2) is 12.1 Å². The van der Waals surface area contributed by atoms with Crippen molar-refractivity contribution < 1.29 is 9.90 Å². The average molecular weight is 255 g/mol. The summed E-state index contributed by atoms with van der Waals surface area (Å²) >= 11 is 5.92. The predicted molar refractivity (Wildman–Crippen MR) is 67.5 cm³/mol. The Kier molecular flexibility index (Phi) is 2.70. The van der Waals surface area contributed by atoms with E-state index in [9.17, 15) is 9.90 Å². The first-order valence-corrected chi connectivity index (χ1v) is 5.87. The van der Waals surface area contributed by atoms with Gasteiger partial charge in [-0.25, -0.2) is 4.79 Å². The molecule has 4 nitrogen and oxygen atoms in total. The van der Waals surface area contributed by atoms with Gasteiger partial charge in [-0.15, -0.1) is 0 Å². The molecule has 2 rings (SSSR count). The lowest BCUT2D eigenvalue weighted by molar-refractivity contribution is 0.146. The first-order chi connectivity index (χ1) is 7.87. The molecule has 2 amide bonds. The minimum Gasteiger partial charge on any atom is -0.506 e. The molecule has 1 aliphatic rings. The van der Waals surface area contributed by atoms with Crippen LogP contribution in [-0.4, -0.2) is 22.6 Å². The maximum Gasteiger partial charge on any atom is 0.322 e. The number of urea groups is 1.